The summed E-state index contributed by atoms with van der Waals surface area (Å²) in [6.07, 6.45) is 0. The van der Waals surface area contributed by atoms with Crippen LogP contribution in [0.4, 0.5) is 5.69 Å². The van der Waals surface area contributed by atoms with E-state index in [1.807, 2.05) is 6.92 Å². The molecule has 0 aliphatic rings. The molecule has 0 unspecified atom stereocenters. The van der Waals surface area contributed by atoms with Crippen molar-refractivity contribution >= 4 is 28.5 Å². The summed E-state index contributed by atoms with van der Waals surface area (Å²) in [5.41, 5.74) is 2.42. The molecule has 0 aliphatic heterocycles. The third-order valence-electron chi connectivity index (χ3n) is 4.36. The molecule has 0 spiro atoms. The van der Waals surface area contributed by atoms with E-state index in [0.29, 0.717) is 34.8 Å². The van der Waals surface area contributed by atoms with E-state index in [0.717, 1.165) is 10.9 Å². The Kier molecular flexibility index (Phi) is 5.97. The van der Waals surface area contributed by atoms with Crippen LogP contribution in [0.15, 0.2) is 51.7 Å². The summed E-state index contributed by atoms with van der Waals surface area (Å²) in [4.78, 5) is 35.5. The lowest BCUT2D eigenvalue weighted by molar-refractivity contribution is -0.118. The number of ether oxygens (including phenoxy) is 2. The van der Waals surface area contributed by atoms with Gasteiger partial charge in [0.25, 0.3) is 5.91 Å². The molecule has 7 nitrogen and oxygen atoms in total. The summed E-state index contributed by atoms with van der Waals surface area (Å²) in [6, 6.07) is 11.3. The SMILES string of the molecule is CCOC(=O)c1ccc(NC(=O)COc2ccc3c(C)cc(=O)oc3c2C)cc1. The lowest BCUT2D eigenvalue weighted by Crippen LogP contribution is -2.20. The van der Waals surface area contributed by atoms with Gasteiger partial charge in [0.15, 0.2) is 6.61 Å². The van der Waals surface area contributed by atoms with Gasteiger partial charge in [-0.1, -0.05) is 0 Å². The molecule has 0 fully saturated rings. The molecule has 0 saturated carbocycles. The number of nitrogens with one attached hydrogen (secondary N) is 1. The van der Waals surface area contributed by atoms with Crippen LogP contribution in [-0.4, -0.2) is 25.1 Å². The average molecular weight is 395 g/mol. The maximum absolute atomic E-state index is 12.2. The summed E-state index contributed by atoms with van der Waals surface area (Å²) < 4.78 is 15.8. The fraction of sp³-hybridized carbons (Fsp3) is 0.227. The van der Waals surface area contributed by atoms with Crippen molar-refractivity contribution in [3.05, 3.63) is 69.6 Å². The Bertz CT molecular complexity index is 1110. The zero-order valence-corrected chi connectivity index (χ0v) is 16.4. The smallest absolute Gasteiger partial charge is 0.338 e. The lowest BCUT2D eigenvalue weighted by atomic mass is 10.1. The number of hydrogen-bond acceptors (Lipinski definition) is 6. The van der Waals surface area contributed by atoms with Gasteiger partial charge in [-0.05, 0) is 62.7 Å². The molecule has 1 heterocycles. The quantitative estimate of drug-likeness (QED) is 0.506. The van der Waals surface area contributed by atoms with Crippen molar-refractivity contribution in [2.24, 2.45) is 0 Å². The summed E-state index contributed by atoms with van der Waals surface area (Å²) in [5, 5.41) is 3.52. The number of rotatable bonds is 6. The van der Waals surface area contributed by atoms with Crippen molar-refractivity contribution in [1.29, 1.82) is 0 Å². The largest absolute Gasteiger partial charge is 0.483 e. The summed E-state index contributed by atoms with van der Waals surface area (Å²) >= 11 is 0. The Hall–Kier alpha value is -3.61. The normalized spacial score (nSPS) is 10.6. The first-order valence-corrected chi connectivity index (χ1v) is 9.13. The molecule has 29 heavy (non-hydrogen) atoms. The standard InChI is InChI=1S/C22H21NO6/c1-4-27-22(26)15-5-7-16(8-6-15)23-19(24)12-28-18-10-9-17-13(2)11-20(25)29-21(17)14(18)3/h5-11H,4,12H2,1-3H3,(H,23,24). The molecule has 0 atom stereocenters. The van der Waals surface area contributed by atoms with E-state index in [1.165, 1.54) is 6.07 Å². The van der Waals surface area contributed by atoms with Gasteiger partial charge >= 0.3 is 11.6 Å². The number of benzene rings is 2. The third kappa shape index (κ3) is 4.63. The van der Waals surface area contributed by atoms with E-state index >= 15 is 0 Å². The molecule has 0 bridgehead atoms. The van der Waals surface area contributed by atoms with Gasteiger partial charge in [-0.2, -0.15) is 0 Å². The maximum Gasteiger partial charge on any atom is 0.338 e. The highest BCUT2D eigenvalue weighted by atomic mass is 16.5. The molecule has 7 heteroatoms. The number of carbonyl (C=O) groups is 2. The van der Waals surface area contributed by atoms with Gasteiger partial charge in [0.05, 0.1) is 12.2 Å². The molecule has 2 aromatic carbocycles. The van der Waals surface area contributed by atoms with Crippen LogP contribution in [0.5, 0.6) is 5.75 Å². The Morgan fingerprint density at radius 3 is 2.48 bits per heavy atom. The fourth-order valence-electron chi connectivity index (χ4n) is 2.90. The van der Waals surface area contributed by atoms with E-state index < -0.39 is 11.6 Å². The number of esters is 1. The third-order valence-corrected chi connectivity index (χ3v) is 4.36. The predicted octanol–water partition coefficient (Wildman–Crippen LogP) is 3.60. The molecule has 3 aromatic rings. The molecule has 0 aliphatic carbocycles. The number of anilines is 1. The first kappa shape index (κ1) is 20.1. The molecule has 150 valence electrons. The van der Waals surface area contributed by atoms with Crippen LogP contribution in [-0.2, 0) is 9.53 Å². The number of hydrogen-bond donors (Lipinski definition) is 1. The van der Waals surface area contributed by atoms with E-state index in [-0.39, 0.29) is 12.5 Å². The Labute approximate surface area is 167 Å². The molecule has 1 aromatic heterocycles. The summed E-state index contributed by atoms with van der Waals surface area (Å²) in [6.45, 7) is 5.42. The van der Waals surface area contributed by atoms with Crippen LogP contribution in [0, 0.1) is 13.8 Å². The number of fused-ring (bicyclic) bond motifs is 1. The van der Waals surface area contributed by atoms with Gasteiger partial charge < -0.3 is 19.2 Å². The van der Waals surface area contributed by atoms with Crippen LogP contribution in [0.2, 0.25) is 0 Å². The molecule has 0 saturated heterocycles. The van der Waals surface area contributed by atoms with Gasteiger partial charge in [0.2, 0.25) is 0 Å². The van der Waals surface area contributed by atoms with Crippen molar-refractivity contribution in [2.45, 2.75) is 20.8 Å². The Morgan fingerprint density at radius 2 is 1.79 bits per heavy atom. The highest BCUT2D eigenvalue weighted by Crippen LogP contribution is 2.28. The molecular formula is C22H21NO6. The van der Waals surface area contributed by atoms with Crippen molar-refractivity contribution in [2.75, 3.05) is 18.5 Å². The first-order valence-electron chi connectivity index (χ1n) is 9.13. The molecule has 0 radical (unpaired) electrons. The van der Waals surface area contributed by atoms with Crippen LogP contribution in [0.3, 0.4) is 0 Å². The number of amides is 1. The zero-order chi connectivity index (χ0) is 21.0. The minimum Gasteiger partial charge on any atom is -0.483 e. The van der Waals surface area contributed by atoms with Gasteiger partial charge in [0, 0.05) is 22.7 Å². The second-order valence-electron chi connectivity index (χ2n) is 6.45. The topological polar surface area (TPSA) is 94.8 Å². The summed E-state index contributed by atoms with van der Waals surface area (Å²) in [5.74, 6) is -0.319. The Morgan fingerprint density at radius 1 is 1.07 bits per heavy atom. The predicted molar refractivity (Wildman–Crippen MR) is 108 cm³/mol. The molecule has 1 amide bonds. The average Bonchev–Trinajstić information content (AvgIpc) is 2.68. The van der Waals surface area contributed by atoms with Gasteiger partial charge in [-0.25, -0.2) is 9.59 Å². The molecule has 3 rings (SSSR count). The minimum atomic E-state index is -0.431. The van der Waals surface area contributed by atoms with Crippen molar-refractivity contribution < 1.29 is 23.5 Å². The van der Waals surface area contributed by atoms with Crippen molar-refractivity contribution in [3.8, 4) is 5.75 Å². The zero-order valence-electron chi connectivity index (χ0n) is 16.4. The van der Waals surface area contributed by atoms with E-state index in [9.17, 15) is 14.4 Å². The second kappa shape index (κ2) is 8.60. The van der Waals surface area contributed by atoms with E-state index in [1.54, 1.807) is 50.2 Å². The maximum atomic E-state index is 12.2. The number of carbonyl (C=O) groups excluding carboxylic acids is 2. The van der Waals surface area contributed by atoms with Crippen LogP contribution in [0.1, 0.15) is 28.4 Å². The minimum absolute atomic E-state index is 0.220. The number of aryl methyl sites for hydroxylation is 2. The summed E-state index contributed by atoms with van der Waals surface area (Å²) in [7, 11) is 0. The highest BCUT2D eigenvalue weighted by Gasteiger charge is 2.12. The fourth-order valence-corrected chi connectivity index (χ4v) is 2.90. The Balaban J connectivity index is 1.66. The van der Waals surface area contributed by atoms with Crippen molar-refractivity contribution in [3.63, 3.8) is 0 Å². The molecular weight excluding hydrogens is 374 g/mol. The van der Waals surface area contributed by atoms with E-state index in [2.05, 4.69) is 5.32 Å². The van der Waals surface area contributed by atoms with E-state index in [4.69, 9.17) is 13.9 Å². The monoisotopic (exact) mass is 395 g/mol. The van der Waals surface area contributed by atoms with Crippen LogP contribution in [0.25, 0.3) is 11.0 Å². The van der Waals surface area contributed by atoms with Gasteiger partial charge in [0.1, 0.15) is 11.3 Å². The van der Waals surface area contributed by atoms with Crippen LogP contribution < -0.4 is 15.7 Å². The highest BCUT2D eigenvalue weighted by molar-refractivity contribution is 5.94. The second-order valence-corrected chi connectivity index (χ2v) is 6.45. The van der Waals surface area contributed by atoms with Gasteiger partial charge in [-0.15, -0.1) is 0 Å². The first-order chi connectivity index (χ1) is 13.9. The van der Waals surface area contributed by atoms with Gasteiger partial charge in [-0.3, -0.25) is 4.79 Å². The molecule has 1 N–H and O–H groups in total. The van der Waals surface area contributed by atoms with Crippen LogP contribution >= 0.6 is 0 Å². The van der Waals surface area contributed by atoms with Crippen molar-refractivity contribution in [1.82, 2.24) is 0 Å². The lowest BCUT2D eigenvalue weighted by Gasteiger charge is -2.12.